The van der Waals surface area contributed by atoms with Crippen LogP contribution in [0, 0.1) is 0 Å². The summed E-state index contributed by atoms with van der Waals surface area (Å²) in [6, 6.07) is 78.7. The highest BCUT2D eigenvalue weighted by Gasteiger charge is 2.19. The Kier molecular flexibility index (Phi) is 7.54. The van der Waals surface area contributed by atoms with Gasteiger partial charge in [0.2, 0.25) is 0 Å². The number of para-hydroxylation sites is 4. The first kappa shape index (κ1) is 33.3. The Morgan fingerprint density at radius 1 is 0.322 bits per heavy atom. The molecule has 0 aliphatic rings. The van der Waals surface area contributed by atoms with E-state index in [-0.39, 0.29) is 0 Å². The van der Waals surface area contributed by atoms with Crippen LogP contribution in [0.4, 0.5) is 17.1 Å². The minimum absolute atomic E-state index is 0.865. The summed E-state index contributed by atoms with van der Waals surface area (Å²) in [5.41, 5.74) is 13.2. The zero-order chi connectivity index (χ0) is 38.9. The van der Waals surface area contributed by atoms with E-state index < -0.39 is 0 Å². The average molecular weight is 753 g/mol. The van der Waals surface area contributed by atoms with Crippen molar-refractivity contribution in [2.24, 2.45) is 0 Å². The molecule has 3 nitrogen and oxygen atoms in total. The highest BCUT2D eigenvalue weighted by atomic mass is 16.3. The van der Waals surface area contributed by atoms with Crippen molar-refractivity contribution >= 4 is 82.4 Å². The van der Waals surface area contributed by atoms with E-state index in [0.29, 0.717) is 0 Å². The maximum atomic E-state index is 6.43. The lowest BCUT2D eigenvalue weighted by Crippen LogP contribution is -2.09. The molecule has 0 N–H and O–H groups in total. The maximum Gasteiger partial charge on any atom is 0.137 e. The van der Waals surface area contributed by atoms with Crippen molar-refractivity contribution in [1.29, 1.82) is 0 Å². The first-order chi connectivity index (χ1) is 29.3. The topological polar surface area (TPSA) is 21.3 Å². The van der Waals surface area contributed by atoms with Crippen molar-refractivity contribution < 1.29 is 4.42 Å². The third-order valence-electron chi connectivity index (χ3n) is 12.0. The molecule has 0 spiro atoms. The predicted molar refractivity (Wildman–Crippen MR) is 249 cm³/mol. The van der Waals surface area contributed by atoms with Gasteiger partial charge in [0.25, 0.3) is 0 Å². The van der Waals surface area contributed by atoms with Gasteiger partial charge in [0.1, 0.15) is 11.2 Å². The third-order valence-corrected chi connectivity index (χ3v) is 12.0. The fourth-order valence-electron chi connectivity index (χ4n) is 9.27. The molecule has 2 heterocycles. The molecule has 0 fully saturated rings. The molecule has 0 radical (unpaired) electrons. The van der Waals surface area contributed by atoms with Gasteiger partial charge in [-0.1, -0.05) is 146 Å². The van der Waals surface area contributed by atoms with Crippen molar-refractivity contribution in [3.63, 3.8) is 0 Å². The summed E-state index contributed by atoms with van der Waals surface area (Å²) in [5.74, 6) is 0. The number of hydrogen-bond acceptors (Lipinski definition) is 2. The summed E-state index contributed by atoms with van der Waals surface area (Å²) in [6.45, 7) is 0. The third kappa shape index (κ3) is 5.36. The first-order valence-electron chi connectivity index (χ1n) is 20.2. The summed E-state index contributed by atoms with van der Waals surface area (Å²) in [5, 5.41) is 9.78. The summed E-state index contributed by atoms with van der Waals surface area (Å²) < 4.78 is 8.83. The smallest absolute Gasteiger partial charge is 0.137 e. The zero-order valence-electron chi connectivity index (χ0n) is 32.1. The van der Waals surface area contributed by atoms with Gasteiger partial charge in [-0.25, -0.2) is 0 Å². The van der Waals surface area contributed by atoms with E-state index in [4.69, 9.17) is 4.42 Å². The second-order valence-corrected chi connectivity index (χ2v) is 15.3. The van der Waals surface area contributed by atoms with Crippen LogP contribution in [-0.4, -0.2) is 4.57 Å². The zero-order valence-corrected chi connectivity index (χ0v) is 32.1. The molecule has 0 unspecified atom stereocenters. The molecule has 12 aromatic rings. The number of nitrogens with zero attached hydrogens (tertiary/aromatic N) is 2. The molecule has 0 saturated carbocycles. The molecule has 0 aliphatic carbocycles. The standard InChI is InChI=1S/C56H36N2O/c1-2-14-43-39(13-1)35-51(46-17-4-3-16-45(43)46)38-27-31-41(32-28-38)57(42-33-34-50-49-20-8-12-24-55(49)59-56(50)36-42)40-29-25-37(26-30-40)44-15-5-9-21-52(44)58-53-22-10-6-18-47(53)48-19-7-11-23-54(48)58/h1-36H. The van der Waals surface area contributed by atoms with E-state index in [9.17, 15) is 0 Å². The van der Waals surface area contributed by atoms with Crippen molar-refractivity contribution in [2.45, 2.75) is 0 Å². The lowest BCUT2D eigenvalue weighted by molar-refractivity contribution is 0.669. The first-order valence-corrected chi connectivity index (χ1v) is 20.2. The van der Waals surface area contributed by atoms with Gasteiger partial charge >= 0.3 is 0 Å². The van der Waals surface area contributed by atoms with E-state index >= 15 is 0 Å². The Hall–Kier alpha value is -7.88. The Morgan fingerprint density at radius 2 is 0.831 bits per heavy atom. The highest BCUT2D eigenvalue weighted by Crippen LogP contribution is 2.42. The monoisotopic (exact) mass is 752 g/mol. The van der Waals surface area contributed by atoms with Crippen LogP contribution in [0.25, 0.3) is 93.2 Å². The maximum absolute atomic E-state index is 6.43. The number of hydrogen-bond donors (Lipinski definition) is 0. The number of furan rings is 1. The molecule has 0 atom stereocenters. The van der Waals surface area contributed by atoms with Gasteiger partial charge in [0.15, 0.2) is 0 Å². The van der Waals surface area contributed by atoms with Crippen LogP contribution in [0.15, 0.2) is 223 Å². The van der Waals surface area contributed by atoms with E-state index in [1.165, 1.54) is 60.0 Å². The fraction of sp³-hybridized carbons (Fsp3) is 0. The van der Waals surface area contributed by atoms with Crippen LogP contribution in [-0.2, 0) is 0 Å². The summed E-state index contributed by atoms with van der Waals surface area (Å²) >= 11 is 0. The molecule has 2 aromatic heterocycles. The van der Waals surface area contributed by atoms with Crippen molar-refractivity contribution in [3.05, 3.63) is 218 Å². The number of benzene rings is 10. The molecule has 10 aromatic carbocycles. The van der Waals surface area contributed by atoms with Gasteiger partial charge in [-0.15, -0.1) is 0 Å². The van der Waals surface area contributed by atoms with E-state index in [0.717, 1.165) is 50.3 Å². The molecular weight excluding hydrogens is 717 g/mol. The van der Waals surface area contributed by atoms with Gasteiger partial charge in [0, 0.05) is 50.2 Å². The molecule has 276 valence electrons. The predicted octanol–water partition coefficient (Wildman–Crippen LogP) is 15.8. The minimum atomic E-state index is 0.865. The molecule has 0 amide bonds. The number of fused-ring (bicyclic) bond motifs is 9. The van der Waals surface area contributed by atoms with Crippen LogP contribution in [0.3, 0.4) is 0 Å². The second kappa shape index (κ2) is 13.4. The van der Waals surface area contributed by atoms with Crippen LogP contribution in [0.1, 0.15) is 0 Å². The van der Waals surface area contributed by atoms with Gasteiger partial charge in [-0.3, -0.25) is 0 Å². The molecule has 0 aliphatic heterocycles. The Morgan fingerprint density at radius 3 is 1.54 bits per heavy atom. The minimum Gasteiger partial charge on any atom is -0.456 e. The fourth-order valence-corrected chi connectivity index (χ4v) is 9.27. The summed E-state index contributed by atoms with van der Waals surface area (Å²) in [4.78, 5) is 2.33. The molecule has 0 bridgehead atoms. The molecule has 0 saturated heterocycles. The van der Waals surface area contributed by atoms with Crippen LogP contribution >= 0.6 is 0 Å². The average Bonchev–Trinajstić information content (AvgIpc) is 3.85. The van der Waals surface area contributed by atoms with E-state index in [2.05, 4.69) is 216 Å². The van der Waals surface area contributed by atoms with E-state index in [1.807, 2.05) is 12.1 Å². The largest absolute Gasteiger partial charge is 0.456 e. The number of anilines is 3. The van der Waals surface area contributed by atoms with Crippen molar-refractivity contribution in [1.82, 2.24) is 4.57 Å². The van der Waals surface area contributed by atoms with Gasteiger partial charge in [-0.05, 0) is 105 Å². The van der Waals surface area contributed by atoms with Crippen molar-refractivity contribution in [2.75, 3.05) is 4.90 Å². The Labute approximate surface area is 341 Å². The molecule has 12 rings (SSSR count). The normalized spacial score (nSPS) is 11.7. The van der Waals surface area contributed by atoms with Crippen molar-refractivity contribution in [3.8, 4) is 27.9 Å². The summed E-state index contributed by atoms with van der Waals surface area (Å²) in [6.07, 6.45) is 0. The molecule has 3 heteroatoms. The molecular formula is C56H36N2O. The van der Waals surface area contributed by atoms with Crippen LogP contribution in [0.2, 0.25) is 0 Å². The van der Waals surface area contributed by atoms with Gasteiger partial charge in [-0.2, -0.15) is 0 Å². The van der Waals surface area contributed by atoms with Gasteiger partial charge in [0.05, 0.1) is 16.7 Å². The lowest BCUT2D eigenvalue weighted by Gasteiger charge is -2.26. The Bertz CT molecular complexity index is 3500. The SMILES string of the molecule is c1ccc(-n2c3ccccc3c3ccccc32)c(-c2ccc(N(c3ccc(-c4cc5ccccc5c5ccccc45)cc3)c3ccc4c(c3)oc3ccccc34)cc2)c1. The second-order valence-electron chi connectivity index (χ2n) is 15.3. The quantitative estimate of drug-likeness (QED) is 0.158. The highest BCUT2D eigenvalue weighted by molar-refractivity contribution is 6.14. The number of aromatic nitrogens is 1. The van der Waals surface area contributed by atoms with Gasteiger partial charge < -0.3 is 13.9 Å². The van der Waals surface area contributed by atoms with Crippen LogP contribution < -0.4 is 4.90 Å². The summed E-state index contributed by atoms with van der Waals surface area (Å²) in [7, 11) is 0. The lowest BCUT2D eigenvalue weighted by atomic mass is 9.93. The van der Waals surface area contributed by atoms with E-state index in [1.54, 1.807) is 0 Å². The van der Waals surface area contributed by atoms with Crippen LogP contribution in [0.5, 0.6) is 0 Å². The number of rotatable bonds is 6. The Balaban J connectivity index is 0.989. The molecule has 59 heavy (non-hydrogen) atoms.